The highest BCUT2D eigenvalue weighted by molar-refractivity contribution is 5.94. The van der Waals surface area contributed by atoms with Crippen molar-refractivity contribution >= 4 is 28.4 Å². The minimum absolute atomic E-state index is 0.124. The highest BCUT2D eigenvalue weighted by Gasteiger charge is 2.39. The summed E-state index contributed by atoms with van der Waals surface area (Å²) in [6.45, 7) is 2.92. The van der Waals surface area contributed by atoms with E-state index < -0.39 is 34.7 Å². The van der Waals surface area contributed by atoms with Crippen molar-refractivity contribution in [2.45, 2.75) is 25.7 Å². The molecule has 2 amide bonds. The largest absolute Gasteiger partial charge is 0.483 e. The Labute approximate surface area is 261 Å². The Bertz CT molecular complexity index is 1880. The van der Waals surface area contributed by atoms with Crippen LogP contribution in [0.1, 0.15) is 18.1 Å². The number of carbonyl (C=O) groups excluding carboxylic acids is 1. The molecule has 8 nitrogen and oxygen atoms in total. The molecule has 0 radical (unpaired) electrons. The van der Waals surface area contributed by atoms with Gasteiger partial charge in [0.1, 0.15) is 18.1 Å². The van der Waals surface area contributed by atoms with Crippen LogP contribution >= 0.6 is 0 Å². The van der Waals surface area contributed by atoms with Gasteiger partial charge < -0.3 is 19.9 Å². The smallest absolute Gasteiger partial charge is 0.419 e. The molecule has 1 N–H and O–H groups in total. The number of fused-ring (bicyclic) bond motifs is 1. The van der Waals surface area contributed by atoms with Gasteiger partial charge in [0.05, 0.1) is 11.1 Å². The molecule has 0 bridgehead atoms. The number of halogens is 5. The van der Waals surface area contributed by atoms with E-state index in [-0.39, 0.29) is 29.8 Å². The number of alkyl halides is 3. The Hall–Kier alpha value is -5.20. The molecule has 1 aliphatic heterocycles. The molecule has 1 saturated heterocycles. The first-order valence-electron chi connectivity index (χ1n) is 14.5. The van der Waals surface area contributed by atoms with Gasteiger partial charge in [0.15, 0.2) is 17.4 Å². The summed E-state index contributed by atoms with van der Waals surface area (Å²) in [4.78, 5) is 21.1. The number of amides is 2. The second-order valence-corrected chi connectivity index (χ2v) is 11.0. The predicted octanol–water partition coefficient (Wildman–Crippen LogP) is 7.25. The maximum Gasteiger partial charge on any atom is 0.419 e. The fourth-order valence-corrected chi connectivity index (χ4v) is 5.55. The standard InChI is InChI=1S/C33H29F5N6O2/c1-20-18-43(32(45)40-22-11-7-4-8-12-22)13-14-44(20)27-16-26-24(17-39-27)30(41-42(26)2)23-15-25(33(36,37)38)29(35)31(28(23)34)46-19-21-9-5-3-6-10-21/h3-12,15-17,20H,13-14,18-19H2,1-2H3,(H,40,45). The van der Waals surface area contributed by atoms with E-state index in [1.165, 1.54) is 10.9 Å². The summed E-state index contributed by atoms with van der Waals surface area (Å²) in [5.41, 5.74) is -0.689. The Kier molecular flexibility index (Phi) is 8.24. The number of hydrogen-bond donors (Lipinski definition) is 1. The van der Waals surface area contributed by atoms with E-state index in [0.29, 0.717) is 48.3 Å². The molecule has 6 rings (SSSR count). The first-order valence-corrected chi connectivity index (χ1v) is 14.5. The lowest BCUT2D eigenvalue weighted by Crippen LogP contribution is -2.55. The summed E-state index contributed by atoms with van der Waals surface area (Å²) in [5.74, 6) is -3.72. The van der Waals surface area contributed by atoms with E-state index in [1.54, 1.807) is 60.5 Å². The minimum Gasteiger partial charge on any atom is -0.483 e. The normalized spacial score (nSPS) is 15.3. The second-order valence-electron chi connectivity index (χ2n) is 11.0. The quantitative estimate of drug-likeness (QED) is 0.199. The molecule has 1 aliphatic rings. The number of benzene rings is 3. The van der Waals surface area contributed by atoms with Gasteiger partial charge in [0, 0.05) is 61.6 Å². The number of para-hydroxylation sites is 1. The molecule has 238 valence electrons. The number of ether oxygens (including phenoxy) is 1. The maximum absolute atomic E-state index is 15.8. The third-order valence-corrected chi connectivity index (χ3v) is 7.90. The highest BCUT2D eigenvalue weighted by atomic mass is 19.4. The van der Waals surface area contributed by atoms with Crippen LogP contribution in [0.5, 0.6) is 5.75 Å². The summed E-state index contributed by atoms with van der Waals surface area (Å²) in [6, 6.07) is 19.2. The number of pyridine rings is 1. The summed E-state index contributed by atoms with van der Waals surface area (Å²) < 4.78 is 79.4. The Morgan fingerprint density at radius 1 is 1.00 bits per heavy atom. The number of aromatic nitrogens is 3. The number of rotatable bonds is 6. The maximum atomic E-state index is 15.8. The van der Waals surface area contributed by atoms with Crippen LogP contribution < -0.4 is 15.0 Å². The average Bonchev–Trinajstić information content (AvgIpc) is 3.36. The molecule has 13 heteroatoms. The van der Waals surface area contributed by atoms with Crippen molar-refractivity contribution in [2.75, 3.05) is 29.9 Å². The van der Waals surface area contributed by atoms with Crippen molar-refractivity contribution in [3.8, 4) is 17.0 Å². The van der Waals surface area contributed by atoms with Gasteiger partial charge in [-0.25, -0.2) is 18.6 Å². The molecule has 1 unspecified atom stereocenters. The number of nitrogens with one attached hydrogen (secondary N) is 1. The molecule has 2 aromatic heterocycles. The number of nitrogens with zero attached hydrogens (tertiary/aromatic N) is 5. The van der Waals surface area contributed by atoms with Crippen LogP contribution in [0.15, 0.2) is 79.0 Å². The predicted molar refractivity (Wildman–Crippen MR) is 163 cm³/mol. The number of carbonyl (C=O) groups is 1. The number of aryl methyl sites for hydroxylation is 1. The van der Waals surface area contributed by atoms with Crippen LogP contribution in [0, 0.1) is 11.6 Å². The lowest BCUT2D eigenvalue weighted by molar-refractivity contribution is -0.140. The molecule has 0 spiro atoms. The van der Waals surface area contributed by atoms with Gasteiger partial charge in [-0.1, -0.05) is 48.5 Å². The minimum atomic E-state index is -5.12. The highest BCUT2D eigenvalue weighted by Crippen LogP contribution is 2.42. The van der Waals surface area contributed by atoms with Crippen molar-refractivity contribution in [1.82, 2.24) is 19.7 Å². The van der Waals surface area contributed by atoms with Crippen molar-refractivity contribution in [3.63, 3.8) is 0 Å². The van der Waals surface area contributed by atoms with Crippen LogP contribution in [0.3, 0.4) is 0 Å². The van der Waals surface area contributed by atoms with Crippen molar-refractivity contribution in [1.29, 1.82) is 0 Å². The van der Waals surface area contributed by atoms with Crippen LogP contribution in [-0.4, -0.2) is 51.4 Å². The first-order chi connectivity index (χ1) is 22.0. The Morgan fingerprint density at radius 3 is 2.37 bits per heavy atom. The zero-order valence-corrected chi connectivity index (χ0v) is 24.9. The van der Waals surface area contributed by atoms with Crippen molar-refractivity contribution in [2.24, 2.45) is 7.05 Å². The average molecular weight is 637 g/mol. The Morgan fingerprint density at radius 2 is 1.70 bits per heavy atom. The fourth-order valence-electron chi connectivity index (χ4n) is 5.55. The van der Waals surface area contributed by atoms with Gasteiger partial charge in [0.2, 0.25) is 0 Å². The van der Waals surface area contributed by atoms with Crippen molar-refractivity contribution in [3.05, 3.63) is 102 Å². The molecule has 1 atom stereocenters. The van der Waals surface area contributed by atoms with Gasteiger partial charge in [0.25, 0.3) is 0 Å². The van der Waals surface area contributed by atoms with Crippen LogP contribution in [-0.2, 0) is 19.8 Å². The first kappa shape index (κ1) is 30.8. The molecule has 3 heterocycles. The second kappa shape index (κ2) is 12.3. The zero-order valence-electron chi connectivity index (χ0n) is 24.9. The monoisotopic (exact) mass is 636 g/mol. The molecule has 5 aromatic rings. The lowest BCUT2D eigenvalue weighted by Gasteiger charge is -2.40. The number of hydrogen-bond acceptors (Lipinski definition) is 5. The lowest BCUT2D eigenvalue weighted by atomic mass is 10.0. The zero-order chi connectivity index (χ0) is 32.6. The molecule has 0 saturated carbocycles. The van der Waals surface area contributed by atoms with Gasteiger partial charge in [-0.05, 0) is 30.7 Å². The van der Waals surface area contributed by atoms with Crippen LogP contribution in [0.2, 0.25) is 0 Å². The van der Waals surface area contributed by atoms with Gasteiger partial charge in [-0.3, -0.25) is 4.68 Å². The van der Waals surface area contributed by atoms with Gasteiger partial charge in [-0.2, -0.15) is 18.3 Å². The van der Waals surface area contributed by atoms with E-state index >= 15 is 8.78 Å². The van der Waals surface area contributed by atoms with E-state index in [1.807, 2.05) is 30.0 Å². The van der Waals surface area contributed by atoms with E-state index in [4.69, 9.17) is 4.74 Å². The summed E-state index contributed by atoms with van der Waals surface area (Å²) in [5, 5.41) is 7.48. The molecule has 0 aliphatic carbocycles. The molecule has 3 aromatic carbocycles. The third kappa shape index (κ3) is 6.04. The molecule has 46 heavy (non-hydrogen) atoms. The third-order valence-electron chi connectivity index (χ3n) is 7.90. The van der Waals surface area contributed by atoms with Crippen LogP contribution in [0.4, 0.5) is 38.3 Å². The van der Waals surface area contributed by atoms with Gasteiger partial charge >= 0.3 is 12.2 Å². The SMILES string of the molecule is CC1CN(C(=O)Nc2ccccc2)CCN1c1cc2c(cn1)c(-c1cc(C(F)(F)F)c(F)c(OCc3ccccc3)c1F)nn2C. The van der Waals surface area contributed by atoms with E-state index in [0.717, 1.165) is 0 Å². The summed E-state index contributed by atoms with van der Waals surface area (Å²) >= 11 is 0. The fraction of sp³-hybridized carbons (Fsp3) is 0.242. The topological polar surface area (TPSA) is 75.5 Å². The molecule has 1 fully saturated rings. The van der Waals surface area contributed by atoms with E-state index in [9.17, 15) is 18.0 Å². The van der Waals surface area contributed by atoms with E-state index in [2.05, 4.69) is 15.4 Å². The summed E-state index contributed by atoms with van der Waals surface area (Å²) in [7, 11) is 1.57. The summed E-state index contributed by atoms with van der Waals surface area (Å²) in [6.07, 6.45) is -3.71. The van der Waals surface area contributed by atoms with Crippen LogP contribution in [0.25, 0.3) is 22.2 Å². The van der Waals surface area contributed by atoms with Gasteiger partial charge in [-0.15, -0.1) is 0 Å². The number of urea groups is 1. The number of piperazine rings is 1. The van der Waals surface area contributed by atoms with Crippen molar-refractivity contribution < 1.29 is 31.5 Å². The molecular weight excluding hydrogens is 607 g/mol. The number of anilines is 2. The Balaban J connectivity index is 1.29. The molecular formula is C33H29F5N6O2.